The summed E-state index contributed by atoms with van der Waals surface area (Å²) in [5.41, 5.74) is 0. The van der Waals surface area contributed by atoms with E-state index < -0.39 is 0 Å². The van der Waals surface area contributed by atoms with Gasteiger partial charge in [-0.05, 0) is 58.0 Å². The van der Waals surface area contributed by atoms with E-state index in [2.05, 4.69) is 29.5 Å². The first-order valence-corrected chi connectivity index (χ1v) is 8.93. The molecule has 0 spiro atoms. The van der Waals surface area contributed by atoms with Gasteiger partial charge in [0.15, 0.2) is 0 Å². The highest BCUT2D eigenvalue weighted by Crippen LogP contribution is 2.32. The third kappa shape index (κ3) is 3.42. The van der Waals surface area contributed by atoms with Gasteiger partial charge in [0, 0.05) is 18.1 Å². The minimum Gasteiger partial charge on any atom is -0.352 e. The van der Waals surface area contributed by atoms with Gasteiger partial charge in [-0.3, -0.25) is 4.79 Å². The molecule has 4 unspecified atom stereocenters. The van der Waals surface area contributed by atoms with E-state index in [1.54, 1.807) is 0 Å². The van der Waals surface area contributed by atoms with Gasteiger partial charge < -0.3 is 15.5 Å². The number of nitrogens with zero attached hydrogens (tertiary/aromatic N) is 1. The van der Waals surface area contributed by atoms with Crippen molar-refractivity contribution >= 4 is 5.91 Å². The lowest BCUT2D eigenvalue weighted by Gasteiger charge is -2.47. The highest BCUT2D eigenvalue weighted by Gasteiger charge is 2.37. The summed E-state index contributed by atoms with van der Waals surface area (Å²) in [6, 6.07) is 1.81. The standard InChI is InChI=1S/C17H31N3O/c1-3-12-7-8-18-16(9-12)17(21)19-13-10-14-5-4-6-15(11-13)20(14)2/h12-16,18H,3-11H2,1-2H3,(H,19,21). The normalized spacial score (nSPS) is 40.8. The molecule has 2 N–H and O–H groups in total. The van der Waals surface area contributed by atoms with Crippen molar-refractivity contribution in [3.05, 3.63) is 0 Å². The molecule has 0 aromatic heterocycles. The van der Waals surface area contributed by atoms with Crippen LogP contribution in [0, 0.1) is 5.92 Å². The molecule has 3 fully saturated rings. The number of rotatable bonds is 3. The maximum Gasteiger partial charge on any atom is 0.237 e. The molecule has 3 aliphatic heterocycles. The largest absolute Gasteiger partial charge is 0.352 e. The summed E-state index contributed by atoms with van der Waals surface area (Å²) >= 11 is 0. The van der Waals surface area contributed by atoms with Crippen LogP contribution in [0.15, 0.2) is 0 Å². The Hall–Kier alpha value is -0.610. The third-order valence-corrected chi connectivity index (χ3v) is 6.09. The van der Waals surface area contributed by atoms with Crippen molar-refractivity contribution in [1.82, 2.24) is 15.5 Å². The van der Waals surface area contributed by atoms with E-state index in [1.165, 1.54) is 32.1 Å². The number of carbonyl (C=O) groups excluding carboxylic acids is 1. The Bertz CT molecular complexity index is 359. The van der Waals surface area contributed by atoms with Crippen molar-refractivity contribution in [2.45, 2.75) is 82.5 Å². The Morgan fingerprint density at radius 3 is 2.57 bits per heavy atom. The molecule has 3 rings (SSSR count). The number of piperidine rings is 3. The summed E-state index contributed by atoms with van der Waals surface area (Å²) in [4.78, 5) is 15.1. The predicted octanol–water partition coefficient (Wildman–Crippen LogP) is 1.90. The molecule has 4 nitrogen and oxygen atoms in total. The lowest BCUT2D eigenvalue weighted by atomic mass is 9.82. The Labute approximate surface area is 129 Å². The molecule has 0 aromatic rings. The predicted molar refractivity (Wildman–Crippen MR) is 85.2 cm³/mol. The van der Waals surface area contributed by atoms with Gasteiger partial charge in [-0.25, -0.2) is 0 Å². The zero-order valence-corrected chi connectivity index (χ0v) is 13.6. The van der Waals surface area contributed by atoms with E-state index in [0.29, 0.717) is 18.1 Å². The molecule has 4 heteroatoms. The highest BCUT2D eigenvalue weighted by molar-refractivity contribution is 5.82. The van der Waals surface area contributed by atoms with Crippen LogP contribution in [-0.4, -0.2) is 48.6 Å². The first-order valence-electron chi connectivity index (χ1n) is 8.93. The molecular weight excluding hydrogens is 262 g/mol. The van der Waals surface area contributed by atoms with Crippen LogP contribution in [0.4, 0.5) is 0 Å². The summed E-state index contributed by atoms with van der Waals surface area (Å²) in [5.74, 6) is 0.972. The molecule has 3 aliphatic rings. The molecular formula is C17H31N3O. The van der Waals surface area contributed by atoms with Crippen LogP contribution >= 0.6 is 0 Å². The van der Waals surface area contributed by atoms with Gasteiger partial charge in [-0.1, -0.05) is 19.8 Å². The second-order valence-corrected chi connectivity index (χ2v) is 7.39. The fourth-order valence-electron chi connectivity index (χ4n) is 4.60. The second kappa shape index (κ2) is 6.66. The van der Waals surface area contributed by atoms with Crippen LogP contribution in [0.3, 0.4) is 0 Å². The van der Waals surface area contributed by atoms with Crippen LogP contribution in [0.25, 0.3) is 0 Å². The smallest absolute Gasteiger partial charge is 0.237 e. The third-order valence-electron chi connectivity index (χ3n) is 6.09. The summed E-state index contributed by atoms with van der Waals surface area (Å²) in [6.07, 6.45) is 9.69. The Kier molecular flexibility index (Phi) is 4.85. The monoisotopic (exact) mass is 293 g/mol. The Morgan fingerprint density at radius 2 is 1.90 bits per heavy atom. The molecule has 2 bridgehead atoms. The molecule has 4 atom stereocenters. The lowest BCUT2D eigenvalue weighted by Crippen LogP contribution is -2.58. The summed E-state index contributed by atoms with van der Waals surface area (Å²) in [7, 11) is 2.26. The lowest BCUT2D eigenvalue weighted by molar-refractivity contribution is -0.125. The van der Waals surface area contributed by atoms with E-state index in [9.17, 15) is 4.79 Å². The average molecular weight is 293 g/mol. The SMILES string of the molecule is CCC1CCNC(C(=O)NC2CC3CCCC(C2)N3C)C1. The number of hydrogen-bond acceptors (Lipinski definition) is 3. The number of hydrogen-bond donors (Lipinski definition) is 2. The van der Waals surface area contributed by atoms with Crippen molar-refractivity contribution in [3.8, 4) is 0 Å². The maximum atomic E-state index is 12.5. The van der Waals surface area contributed by atoms with E-state index in [-0.39, 0.29) is 11.9 Å². The topological polar surface area (TPSA) is 44.4 Å². The van der Waals surface area contributed by atoms with Gasteiger partial charge in [0.25, 0.3) is 0 Å². The zero-order valence-electron chi connectivity index (χ0n) is 13.6. The van der Waals surface area contributed by atoms with Crippen LogP contribution in [0.5, 0.6) is 0 Å². The first-order chi connectivity index (χ1) is 10.2. The van der Waals surface area contributed by atoms with E-state index in [1.807, 2.05) is 0 Å². The van der Waals surface area contributed by atoms with Gasteiger partial charge >= 0.3 is 0 Å². The molecule has 0 aromatic carbocycles. The molecule has 21 heavy (non-hydrogen) atoms. The van der Waals surface area contributed by atoms with Gasteiger partial charge in [0.1, 0.15) is 0 Å². The van der Waals surface area contributed by atoms with Crippen molar-refractivity contribution in [2.24, 2.45) is 5.92 Å². The fourth-order valence-corrected chi connectivity index (χ4v) is 4.60. The van der Waals surface area contributed by atoms with Crippen molar-refractivity contribution in [1.29, 1.82) is 0 Å². The number of nitrogens with one attached hydrogen (secondary N) is 2. The van der Waals surface area contributed by atoms with E-state index in [0.717, 1.165) is 31.7 Å². The van der Waals surface area contributed by atoms with Crippen LogP contribution in [0.2, 0.25) is 0 Å². The van der Waals surface area contributed by atoms with Crippen LogP contribution in [0.1, 0.15) is 58.3 Å². The first kappa shape index (κ1) is 15.3. The van der Waals surface area contributed by atoms with Gasteiger partial charge in [-0.15, -0.1) is 0 Å². The van der Waals surface area contributed by atoms with E-state index in [4.69, 9.17) is 0 Å². The molecule has 3 heterocycles. The number of amides is 1. The van der Waals surface area contributed by atoms with Gasteiger partial charge in [-0.2, -0.15) is 0 Å². The second-order valence-electron chi connectivity index (χ2n) is 7.39. The average Bonchev–Trinajstić information content (AvgIpc) is 2.48. The molecule has 1 amide bonds. The zero-order chi connectivity index (χ0) is 14.8. The van der Waals surface area contributed by atoms with Crippen molar-refractivity contribution < 1.29 is 4.79 Å². The Balaban J connectivity index is 1.53. The van der Waals surface area contributed by atoms with E-state index >= 15 is 0 Å². The number of carbonyl (C=O) groups is 1. The molecule has 0 saturated carbocycles. The molecule has 3 saturated heterocycles. The van der Waals surface area contributed by atoms with Gasteiger partial charge in [0.05, 0.1) is 6.04 Å². The van der Waals surface area contributed by atoms with Crippen LogP contribution < -0.4 is 10.6 Å². The molecule has 0 radical (unpaired) electrons. The molecule has 0 aliphatic carbocycles. The van der Waals surface area contributed by atoms with Gasteiger partial charge in [0.2, 0.25) is 5.91 Å². The van der Waals surface area contributed by atoms with Crippen molar-refractivity contribution in [3.63, 3.8) is 0 Å². The fraction of sp³-hybridized carbons (Fsp3) is 0.941. The Morgan fingerprint density at radius 1 is 1.19 bits per heavy atom. The number of fused-ring (bicyclic) bond motifs is 2. The maximum absolute atomic E-state index is 12.5. The minimum atomic E-state index is 0.0446. The quantitative estimate of drug-likeness (QED) is 0.835. The highest BCUT2D eigenvalue weighted by atomic mass is 16.2. The summed E-state index contributed by atoms with van der Waals surface area (Å²) in [5, 5.41) is 6.76. The summed E-state index contributed by atoms with van der Waals surface area (Å²) in [6.45, 7) is 3.23. The van der Waals surface area contributed by atoms with Crippen LogP contribution in [-0.2, 0) is 4.79 Å². The molecule has 120 valence electrons. The minimum absolute atomic E-state index is 0.0446. The van der Waals surface area contributed by atoms with Crippen molar-refractivity contribution in [2.75, 3.05) is 13.6 Å². The summed E-state index contributed by atoms with van der Waals surface area (Å²) < 4.78 is 0.